The van der Waals surface area contributed by atoms with Gasteiger partial charge in [0, 0.05) is 17.8 Å². The minimum Gasteiger partial charge on any atom is -0.434 e. The number of hydrogen-bond acceptors (Lipinski definition) is 2. The molecule has 0 aliphatic carbocycles. The summed E-state index contributed by atoms with van der Waals surface area (Å²) in [7, 11) is 0. The van der Waals surface area contributed by atoms with Gasteiger partial charge in [-0.1, -0.05) is 13.0 Å². The fraction of sp³-hybridized carbons (Fsp3) is 0.500. The summed E-state index contributed by atoms with van der Waals surface area (Å²) in [5.74, 6) is 0.225. The van der Waals surface area contributed by atoms with Crippen LogP contribution in [0.2, 0.25) is 0 Å². The number of nitrogens with one attached hydrogen (secondary N) is 1. The van der Waals surface area contributed by atoms with Crippen LogP contribution in [0.15, 0.2) is 18.2 Å². The van der Waals surface area contributed by atoms with Crippen molar-refractivity contribution in [2.24, 2.45) is 0 Å². The average Bonchev–Trinajstić information content (AvgIpc) is 2.22. The second-order valence-corrected chi connectivity index (χ2v) is 3.81. The van der Waals surface area contributed by atoms with E-state index in [0.29, 0.717) is 11.6 Å². The highest BCUT2D eigenvalue weighted by Gasteiger charge is 2.08. The third-order valence-electron chi connectivity index (χ3n) is 2.43. The summed E-state index contributed by atoms with van der Waals surface area (Å²) in [6, 6.07) is 5.54. The monoisotopic (exact) mass is 229 g/mol. The third kappa shape index (κ3) is 3.68. The van der Waals surface area contributed by atoms with Crippen LogP contribution in [-0.2, 0) is 0 Å². The minimum absolute atomic E-state index is 0.225. The standard InChI is InChI=1S/C12H17F2NO/c1-4-9(3)15-10-6-5-8(2)11(7-10)16-12(13)14/h5-7,9,12,15H,4H2,1-3H3. The summed E-state index contributed by atoms with van der Waals surface area (Å²) in [6.07, 6.45) is 0.971. The van der Waals surface area contributed by atoms with Gasteiger partial charge in [0.05, 0.1) is 0 Å². The smallest absolute Gasteiger partial charge is 0.387 e. The van der Waals surface area contributed by atoms with E-state index in [-0.39, 0.29) is 5.75 Å². The van der Waals surface area contributed by atoms with Crippen molar-refractivity contribution in [3.05, 3.63) is 23.8 Å². The molecule has 1 unspecified atom stereocenters. The lowest BCUT2D eigenvalue weighted by Crippen LogP contribution is -2.13. The van der Waals surface area contributed by atoms with E-state index in [9.17, 15) is 8.78 Å². The number of halogens is 2. The van der Waals surface area contributed by atoms with Gasteiger partial charge in [-0.2, -0.15) is 8.78 Å². The van der Waals surface area contributed by atoms with Crippen molar-refractivity contribution in [3.8, 4) is 5.75 Å². The van der Waals surface area contributed by atoms with Crippen molar-refractivity contribution in [2.75, 3.05) is 5.32 Å². The highest BCUT2D eigenvalue weighted by Crippen LogP contribution is 2.24. The number of aryl methyl sites for hydroxylation is 1. The Morgan fingerprint density at radius 3 is 2.62 bits per heavy atom. The van der Waals surface area contributed by atoms with Crippen molar-refractivity contribution in [1.29, 1.82) is 0 Å². The van der Waals surface area contributed by atoms with Gasteiger partial charge >= 0.3 is 6.61 Å². The normalized spacial score (nSPS) is 12.6. The Kier molecular flexibility index (Phi) is 4.52. The van der Waals surface area contributed by atoms with Crippen molar-refractivity contribution >= 4 is 5.69 Å². The molecule has 0 spiro atoms. The second kappa shape index (κ2) is 5.68. The van der Waals surface area contributed by atoms with Crippen molar-refractivity contribution in [1.82, 2.24) is 0 Å². The van der Waals surface area contributed by atoms with Crippen LogP contribution in [0.4, 0.5) is 14.5 Å². The molecular weight excluding hydrogens is 212 g/mol. The molecule has 0 aliphatic heterocycles. The van der Waals surface area contributed by atoms with Gasteiger partial charge in [-0.3, -0.25) is 0 Å². The zero-order valence-electron chi connectivity index (χ0n) is 9.76. The van der Waals surface area contributed by atoms with Gasteiger partial charge in [0.15, 0.2) is 0 Å². The van der Waals surface area contributed by atoms with Crippen LogP contribution in [0.25, 0.3) is 0 Å². The fourth-order valence-electron chi connectivity index (χ4n) is 1.30. The molecule has 0 aromatic heterocycles. The molecule has 1 atom stereocenters. The van der Waals surface area contributed by atoms with E-state index in [1.807, 2.05) is 13.0 Å². The molecule has 1 aromatic rings. The van der Waals surface area contributed by atoms with Crippen molar-refractivity contribution < 1.29 is 13.5 Å². The molecule has 4 heteroatoms. The Hall–Kier alpha value is -1.32. The Labute approximate surface area is 94.6 Å². The summed E-state index contributed by atoms with van der Waals surface area (Å²) in [6.45, 7) is 3.05. The lowest BCUT2D eigenvalue weighted by atomic mass is 10.2. The van der Waals surface area contributed by atoms with E-state index in [4.69, 9.17) is 0 Å². The molecule has 0 radical (unpaired) electrons. The lowest BCUT2D eigenvalue weighted by molar-refractivity contribution is -0.0502. The van der Waals surface area contributed by atoms with Crippen LogP contribution in [0.5, 0.6) is 5.75 Å². The first-order chi connectivity index (χ1) is 7.52. The van der Waals surface area contributed by atoms with E-state index in [1.165, 1.54) is 0 Å². The Morgan fingerprint density at radius 2 is 2.06 bits per heavy atom. The molecule has 1 N–H and O–H groups in total. The molecule has 0 amide bonds. The number of ether oxygens (including phenoxy) is 1. The Bertz CT molecular complexity index is 342. The van der Waals surface area contributed by atoms with Gasteiger partial charge in [0.25, 0.3) is 0 Å². The van der Waals surface area contributed by atoms with Crippen molar-refractivity contribution in [2.45, 2.75) is 39.8 Å². The van der Waals surface area contributed by atoms with Crippen LogP contribution in [0.1, 0.15) is 25.8 Å². The third-order valence-corrected chi connectivity index (χ3v) is 2.43. The van der Waals surface area contributed by atoms with E-state index < -0.39 is 6.61 Å². The minimum atomic E-state index is -2.78. The predicted molar refractivity (Wildman–Crippen MR) is 61.2 cm³/mol. The largest absolute Gasteiger partial charge is 0.434 e. The van der Waals surface area contributed by atoms with Gasteiger partial charge < -0.3 is 10.1 Å². The lowest BCUT2D eigenvalue weighted by Gasteiger charge is -2.15. The van der Waals surface area contributed by atoms with Crippen LogP contribution >= 0.6 is 0 Å². The Morgan fingerprint density at radius 1 is 1.38 bits per heavy atom. The highest BCUT2D eigenvalue weighted by atomic mass is 19.3. The van der Waals surface area contributed by atoms with Gasteiger partial charge in [-0.05, 0) is 31.9 Å². The molecular formula is C12H17F2NO. The fourth-order valence-corrected chi connectivity index (χ4v) is 1.30. The number of alkyl halides is 2. The van der Waals surface area contributed by atoms with E-state index in [1.54, 1.807) is 19.1 Å². The van der Waals surface area contributed by atoms with Gasteiger partial charge in [0.2, 0.25) is 0 Å². The molecule has 0 heterocycles. The zero-order chi connectivity index (χ0) is 12.1. The first kappa shape index (κ1) is 12.7. The van der Waals surface area contributed by atoms with Crippen LogP contribution < -0.4 is 10.1 Å². The topological polar surface area (TPSA) is 21.3 Å². The van der Waals surface area contributed by atoms with Gasteiger partial charge in [-0.25, -0.2) is 0 Å². The van der Waals surface area contributed by atoms with E-state index in [0.717, 1.165) is 12.1 Å². The summed E-state index contributed by atoms with van der Waals surface area (Å²) in [5, 5.41) is 3.21. The summed E-state index contributed by atoms with van der Waals surface area (Å²) >= 11 is 0. The molecule has 90 valence electrons. The average molecular weight is 229 g/mol. The van der Waals surface area contributed by atoms with E-state index in [2.05, 4.69) is 17.0 Å². The molecule has 2 nitrogen and oxygen atoms in total. The zero-order valence-corrected chi connectivity index (χ0v) is 9.76. The van der Waals surface area contributed by atoms with Gasteiger partial charge in [-0.15, -0.1) is 0 Å². The maximum Gasteiger partial charge on any atom is 0.387 e. The number of anilines is 1. The first-order valence-electron chi connectivity index (χ1n) is 5.35. The number of hydrogen-bond donors (Lipinski definition) is 1. The maximum absolute atomic E-state index is 12.1. The van der Waals surface area contributed by atoms with Crippen LogP contribution in [-0.4, -0.2) is 12.7 Å². The number of rotatable bonds is 5. The van der Waals surface area contributed by atoms with Crippen LogP contribution in [0, 0.1) is 6.92 Å². The van der Waals surface area contributed by atoms with E-state index >= 15 is 0 Å². The van der Waals surface area contributed by atoms with Crippen LogP contribution in [0.3, 0.4) is 0 Å². The molecule has 16 heavy (non-hydrogen) atoms. The summed E-state index contributed by atoms with van der Waals surface area (Å²) < 4.78 is 28.7. The summed E-state index contributed by atoms with van der Waals surface area (Å²) in [4.78, 5) is 0. The second-order valence-electron chi connectivity index (χ2n) is 3.81. The van der Waals surface area contributed by atoms with Gasteiger partial charge in [0.1, 0.15) is 5.75 Å². The molecule has 1 rings (SSSR count). The highest BCUT2D eigenvalue weighted by molar-refractivity contribution is 5.52. The Balaban J connectivity index is 2.80. The molecule has 0 fully saturated rings. The SMILES string of the molecule is CCC(C)Nc1ccc(C)c(OC(F)F)c1. The molecule has 0 saturated heterocycles. The molecule has 0 aliphatic rings. The first-order valence-corrected chi connectivity index (χ1v) is 5.35. The number of benzene rings is 1. The van der Waals surface area contributed by atoms with Crippen molar-refractivity contribution in [3.63, 3.8) is 0 Å². The maximum atomic E-state index is 12.1. The predicted octanol–water partition coefficient (Wildman–Crippen LogP) is 3.81. The quantitative estimate of drug-likeness (QED) is 0.829. The molecule has 0 bridgehead atoms. The summed E-state index contributed by atoms with van der Waals surface area (Å²) in [5.41, 5.74) is 1.51. The molecule has 0 saturated carbocycles. The molecule has 1 aromatic carbocycles.